The van der Waals surface area contributed by atoms with E-state index < -0.39 is 0 Å². The topological polar surface area (TPSA) is 15.3 Å². The van der Waals surface area contributed by atoms with Gasteiger partial charge in [-0.15, -0.1) is 0 Å². The molecule has 0 aliphatic rings. The highest BCUT2D eigenvalue weighted by Crippen LogP contribution is 2.19. The van der Waals surface area contributed by atoms with E-state index in [1.807, 2.05) is 7.05 Å². The number of hydrogen-bond donors (Lipinski definition) is 1. The van der Waals surface area contributed by atoms with E-state index >= 15 is 0 Å². The first-order valence-electron chi connectivity index (χ1n) is 6.17. The summed E-state index contributed by atoms with van der Waals surface area (Å²) in [4.78, 5) is 2.46. The first-order chi connectivity index (χ1) is 7.69. The highest BCUT2D eigenvalue weighted by atomic mass is 15.2. The lowest BCUT2D eigenvalue weighted by Crippen LogP contribution is -2.34. The summed E-state index contributed by atoms with van der Waals surface area (Å²) < 4.78 is 0. The fraction of sp³-hybridized carbons (Fsp3) is 0.571. The van der Waals surface area contributed by atoms with Crippen molar-refractivity contribution in [1.82, 2.24) is 5.32 Å². The molecule has 0 radical (unpaired) electrons. The molecule has 0 aliphatic carbocycles. The predicted octanol–water partition coefficient (Wildman–Crippen LogP) is 2.82. The summed E-state index contributed by atoms with van der Waals surface area (Å²) in [5, 5.41) is 3.21. The van der Waals surface area contributed by atoms with Gasteiger partial charge in [0.15, 0.2) is 0 Å². The molecule has 0 aliphatic heterocycles. The summed E-state index contributed by atoms with van der Waals surface area (Å²) in [6.07, 6.45) is 1.18. The monoisotopic (exact) mass is 220 g/mol. The third kappa shape index (κ3) is 3.53. The number of nitrogens with one attached hydrogen (secondary N) is 1. The van der Waals surface area contributed by atoms with Gasteiger partial charge in [0.1, 0.15) is 0 Å². The highest BCUT2D eigenvalue weighted by Gasteiger charge is 2.11. The van der Waals surface area contributed by atoms with Crippen molar-refractivity contribution in [1.29, 1.82) is 0 Å². The SMILES string of the molecule is CCN(c1cccc(C)c1)C(C)CCNC. The normalized spacial score (nSPS) is 12.5. The summed E-state index contributed by atoms with van der Waals surface area (Å²) in [5.74, 6) is 0. The van der Waals surface area contributed by atoms with Gasteiger partial charge < -0.3 is 10.2 Å². The summed E-state index contributed by atoms with van der Waals surface area (Å²) in [6.45, 7) is 8.80. The van der Waals surface area contributed by atoms with Crippen LogP contribution in [-0.2, 0) is 0 Å². The van der Waals surface area contributed by atoms with Gasteiger partial charge in [-0.25, -0.2) is 0 Å². The van der Waals surface area contributed by atoms with Crippen LogP contribution in [0.5, 0.6) is 0 Å². The van der Waals surface area contributed by atoms with Gasteiger partial charge in [0.25, 0.3) is 0 Å². The second-order valence-electron chi connectivity index (χ2n) is 4.37. The van der Waals surface area contributed by atoms with Gasteiger partial charge in [-0.1, -0.05) is 12.1 Å². The van der Waals surface area contributed by atoms with E-state index in [1.54, 1.807) is 0 Å². The van der Waals surface area contributed by atoms with Gasteiger partial charge >= 0.3 is 0 Å². The van der Waals surface area contributed by atoms with Gasteiger partial charge in [0, 0.05) is 18.3 Å². The van der Waals surface area contributed by atoms with Crippen LogP contribution in [0.25, 0.3) is 0 Å². The lowest BCUT2D eigenvalue weighted by molar-refractivity contribution is 0.578. The molecule has 0 fully saturated rings. The Morgan fingerprint density at radius 1 is 1.38 bits per heavy atom. The van der Waals surface area contributed by atoms with Crippen LogP contribution in [0.1, 0.15) is 25.8 Å². The molecule has 0 aromatic heterocycles. The minimum atomic E-state index is 0.583. The van der Waals surface area contributed by atoms with Crippen LogP contribution in [0.4, 0.5) is 5.69 Å². The van der Waals surface area contributed by atoms with Crippen molar-refractivity contribution < 1.29 is 0 Å². The molecule has 2 heteroatoms. The third-order valence-electron chi connectivity index (χ3n) is 3.02. The first-order valence-corrected chi connectivity index (χ1v) is 6.17. The number of rotatable bonds is 6. The lowest BCUT2D eigenvalue weighted by Gasteiger charge is -2.30. The number of anilines is 1. The zero-order valence-corrected chi connectivity index (χ0v) is 11.0. The third-order valence-corrected chi connectivity index (χ3v) is 3.02. The highest BCUT2D eigenvalue weighted by molar-refractivity contribution is 5.49. The Labute approximate surface area is 99.7 Å². The summed E-state index contributed by atoms with van der Waals surface area (Å²) >= 11 is 0. The molecular weight excluding hydrogens is 196 g/mol. The minimum absolute atomic E-state index is 0.583. The molecule has 90 valence electrons. The lowest BCUT2D eigenvalue weighted by atomic mass is 10.1. The Morgan fingerprint density at radius 3 is 2.69 bits per heavy atom. The predicted molar refractivity (Wildman–Crippen MR) is 72.2 cm³/mol. The van der Waals surface area contributed by atoms with E-state index in [-0.39, 0.29) is 0 Å². The van der Waals surface area contributed by atoms with Gasteiger partial charge in [-0.2, -0.15) is 0 Å². The Bertz CT molecular complexity index is 309. The van der Waals surface area contributed by atoms with Crippen LogP contribution in [0, 0.1) is 6.92 Å². The number of nitrogens with zero attached hydrogens (tertiary/aromatic N) is 1. The molecule has 1 atom stereocenters. The zero-order chi connectivity index (χ0) is 12.0. The van der Waals surface area contributed by atoms with Crippen molar-refractivity contribution in [2.24, 2.45) is 0 Å². The molecule has 16 heavy (non-hydrogen) atoms. The Kier molecular flexibility index (Phi) is 5.33. The van der Waals surface area contributed by atoms with Crippen LogP contribution in [0.2, 0.25) is 0 Å². The number of aryl methyl sites for hydroxylation is 1. The van der Waals surface area contributed by atoms with Crippen molar-refractivity contribution in [2.75, 3.05) is 25.0 Å². The smallest absolute Gasteiger partial charge is 0.0371 e. The van der Waals surface area contributed by atoms with Gasteiger partial charge in [-0.05, 0) is 58.5 Å². The standard InChI is InChI=1S/C14H24N2/c1-5-16(13(3)9-10-15-4)14-8-6-7-12(2)11-14/h6-8,11,13,15H,5,9-10H2,1-4H3. The van der Waals surface area contributed by atoms with Crippen LogP contribution >= 0.6 is 0 Å². The summed E-state index contributed by atoms with van der Waals surface area (Å²) in [5.41, 5.74) is 2.67. The van der Waals surface area contributed by atoms with E-state index in [4.69, 9.17) is 0 Å². The van der Waals surface area contributed by atoms with Crippen LogP contribution in [0.3, 0.4) is 0 Å². The Balaban J connectivity index is 2.73. The molecule has 1 N–H and O–H groups in total. The summed E-state index contributed by atoms with van der Waals surface area (Å²) in [7, 11) is 2.01. The average Bonchev–Trinajstić information content (AvgIpc) is 2.27. The molecule has 0 heterocycles. The molecule has 1 aromatic rings. The molecule has 0 saturated heterocycles. The van der Waals surface area contributed by atoms with E-state index in [1.165, 1.54) is 17.7 Å². The number of hydrogen-bond acceptors (Lipinski definition) is 2. The maximum absolute atomic E-state index is 3.21. The average molecular weight is 220 g/mol. The molecule has 1 aromatic carbocycles. The minimum Gasteiger partial charge on any atom is -0.369 e. The quantitative estimate of drug-likeness (QED) is 0.793. The van der Waals surface area contributed by atoms with Crippen molar-refractivity contribution in [3.05, 3.63) is 29.8 Å². The van der Waals surface area contributed by atoms with Gasteiger partial charge in [0.2, 0.25) is 0 Å². The molecule has 0 spiro atoms. The molecule has 0 amide bonds. The molecular formula is C14H24N2. The fourth-order valence-electron chi connectivity index (χ4n) is 2.06. The zero-order valence-electron chi connectivity index (χ0n) is 11.0. The van der Waals surface area contributed by atoms with E-state index in [0.29, 0.717) is 6.04 Å². The van der Waals surface area contributed by atoms with E-state index in [0.717, 1.165) is 13.1 Å². The second kappa shape index (κ2) is 6.54. The van der Waals surface area contributed by atoms with Gasteiger partial charge in [-0.3, -0.25) is 0 Å². The van der Waals surface area contributed by atoms with Crippen LogP contribution in [0.15, 0.2) is 24.3 Å². The van der Waals surface area contributed by atoms with Crippen molar-refractivity contribution in [2.45, 2.75) is 33.2 Å². The molecule has 1 unspecified atom stereocenters. The van der Waals surface area contributed by atoms with E-state index in [9.17, 15) is 0 Å². The molecule has 2 nitrogen and oxygen atoms in total. The number of benzene rings is 1. The van der Waals surface area contributed by atoms with Crippen LogP contribution in [-0.4, -0.2) is 26.2 Å². The maximum Gasteiger partial charge on any atom is 0.0371 e. The largest absolute Gasteiger partial charge is 0.369 e. The molecule has 0 saturated carbocycles. The fourth-order valence-corrected chi connectivity index (χ4v) is 2.06. The van der Waals surface area contributed by atoms with Crippen LogP contribution < -0.4 is 10.2 Å². The molecule has 0 bridgehead atoms. The van der Waals surface area contributed by atoms with Crippen molar-refractivity contribution in [3.8, 4) is 0 Å². The maximum atomic E-state index is 3.21. The van der Waals surface area contributed by atoms with Gasteiger partial charge in [0.05, 0.1) is 0 Å². The van der Waals surface area contributed by atoms with Crippen molar-refractivity contribution >= 4 is 5.69 Å². The Morgan fingerprint density at radius 2 is 2.12 bits per heavy atom. The first kappa shape index (κ1) is 13.0. The van der Waals surface area contributed by atoms with E-state index in [2.05, 4.69) is 55.3 Å². The second-order valence-corrected chi connectivity index (χ2v) is 4.37. The summed E-state index contributed by atoms with van der Waals surface area (Å²) in [6, 6.07) is 9.33. The van der Waals surface area contributed by atoms with Crippen molar-refractivity contribution in [3.63, 3.8) is 0 Å². The Hall–Kier alpha value is -1.02. The molecule has 1 rings (SSSR count).